The molecule has 0 aromatic carbocycles. The van der Waals surface area contributed by atoms with Gasteiger partial charge in [0.15, 0.2) is 6.17 Å². The third kappa shape index (κ3) is 3.38. The summed E-state index contributed by atoms with van der Waals surface area (Å²) in [7, 11) is 0. The summed E-state index contributed by atoms with van der Waals surface area (Å²) < 4.78 is 13.6. The zero-order chi connectivity index (χ0) is 15.6. The molecule has 2 N–H and O–H groups in total. The van der Waals surface area contributed by atoms with E-state index in [1.54, 1.807) is 0 Å². The van der Waals surface area contributed by atoms with Crippen molar-refractivity contribution in [3.8, 4) is 0 Å². The number of rotatable bonds is 4. The first-order chi connectivity index (χ1) is 9.90. The van der Waals surface area contributed by atoms with Crippen molar-refractivity contribution in [1.82, 2.24) is 4.98 Å². The average molecular weight is 317 g/mol. The molecule has 0 spiro atoms. The summed E-state index contributed by atoms with van der Waals surface area (Å²) in [6, 6.07) is 1.23. The number of carbonyl (C=O) groups is 1. The van der Waals surface area contributed by atoms with Crippen LogP contribution < -0.4 is 10.6 Å². The fourth-order valence-corrected chi connectivity index (χ4v) is 2.67. The number of pyridine rings is 1. The van der Waals surface area contributed by atoms with Gasteiger partial charge in [0.05, 0.1) is 9.95 Å². The maximum Gasteiger partial charge on any atom is 0.289 e. The van der Waals surface area contributed by atoms with Crippen LogP contribution in [0.2, 0.25) is 5.02 Å². The van der Waals surface area contributed by atoms with E-state index in [4.69, 9.17) is 17.3 Å². The Morgan fingerprint density at radius 2 is 2.19 bits per heavy atom. The predicted octanol–water partition coefficient (Wildman–Crippen LogP) is 1.68. The van der Waals surface area contributed by atoms with E-state index in [1.807, 2.05) is 4.90 Å². The zero-order valence-corrected chi connectivity index (χ0v) is 11.8. The van der Waals surface area contributed by atoms with E-state index < -0.39 is 22.9 Å². The van der Waals surface area contributed by atoms with Gasteiger partial charge in [0.1, 0.15) is 12.0 Å². The molecule has 2 heterocycles. The van der Waals surface area contributed by atoms with Crippen molar-refractivity contribution in [3.63, 3.8) is 0 Å². The molecule has 1 aliphatic rings. The van der Waals surface area contributed by atoms with E-state index in [9.17, 15) is 19.3 Å². The largest absolute Gasteiger partial charge is 0.367 e. The molecule has 1 amide bonds. The first kappa shape index (κ1) is 15.4. The second-order valence-corrected chi connectivity index (χ2v) is 5.29. The number of anilines is 1. The molecule has 9 heteroatoms. The molecule has 1 aromatic rings. The van der Waals surface area contributed by atoms with Crippen molar-refractivity contribution in [1.29, 1.82) is 0 Å². The summed E-state index contributed by atoms with van der Waals surface area (Å²) in [5, 5.41) is 10.8. The highest BCUT2D eigenvalue weighted by Gasteiger charge is 2.31. The molecular formula is C12H14ClFN4O3. The second-order valence-electron chi connectivity index (χ2n) is 4.88. The van der Waals surface area contributed by atoms with Gasteiger partial charge in [-0.15, -0.1) is 0 Å². The Bertz CT molecular complexity index is 563. The summed E-state index contributed by atoms with van der Waals surface area (Å²) in [5.41, 5.74) is 4.77. The van der Waals surface area contributed by atoms with E-state index in [-0.39, 0.29) is 10.7 Å². The average Bonchev–Trinajstić information content (AvgIpc) is 2.46. The molecule has 0 saturated carbocycles. The number of halogens is 2. The third-order valence-electron chi connectivity index (χ3n) is 3.54. The van der Waals surface area contributed by atoms with Crippen LogP contribution in [-0.2, 0) is 4.79 Å². The summed E-state index contributed by atoms with van der Waals surface area (Å²) in [4.78, 5) is 26.7. The summed E-state index contributed by atoms with van der Waals surface area (Å²) in [6.07, 6.45) is 0.375. The third-order valence-corrected chi connectivity index (χ3v) is 3.82. The molecule has 0 aliphatic carbocycles. The van der Waals surface area contributed by atoms with Gasteiger partial charge >= 0.3 is 0 Å². The highest BCUT2D eigenvalue weighted by atomic mass is 35.5. The molecular weight excluding hydrogens is 303 g/mol. The monoisotopic (exact) mass is 316 g/mol. The number of carbonyl (C=O) groups excluding carboxylic acids is 1. The molecule has 1 aliphatic heterocycles. The molecule has 21 heavy (non-hydrogen) atoms. The Hall–Kier alpha value is -1.96. The number of primary amides is 1. The van der Waals surface area contributed by atoms with Gasteiger partial charge in [-0.25, -0.2) is 9.37 Å². The van der Waals surface area contributed by atoms with Crippen LogP contribution in [0, 0.1) is 16.0 Å². The van der Waals surface area contributed by atoms with E-state index in [2.05, 4.69) is 4.98 Å². The number of alkyl halides is 1. The van der Waals surface area contributed by atoms with E-state index in [1.165, 1.54) is 6.07 Å². The van der Waals surface area contributed by atoms with Gasteiger partial charge in [-0.05, 0) is 12.8 Å². The van der Waals surface area contributed by atoms with E-state index >= 15 is 0 Å². The number of nitrogens with zero attached hydrogens (tertiary/aromatic N) is 3. The SMILES string of the molecule is NC(=O)[C@@H](F)C1CCN(c2ncc([N+](=O)[O-])cc2Cl)CC1. The second kappa shape index (κ2) is 6.21. The minimum absolute atomic E-state index is 0.175. The molecule has 0 bridgehead atoms. The fraction of sp³-hybridized carbons (Fsp3) is 0.500. The maximum absolute atomic E-state index is 13.6. The molecule has 1 aromatic heterocycles. The predicted molar refractivity (Wildman–Crippen MR) is 74.9 cm³/mol. The highest BCUT2D eigenvalue weighted by molar-refractivity contribution is 6.33. The van der Waals surface area contributed by atoms with Crippen LogP contribution >= 0.6 is 11.6 Å². The summed E-state index contributed by atoms with van der Waals surface area (Å²) in [6.45, 7) is 0.922. The Morgan fingerprint density at radius 1 is 1.57 bits per heavy atom. The summed E-state index contributed by atoms with van der Waals surface area (Å²) >= 11 is 6.00. The van der Waals surface area contributed by atoms with Crippen LogP contribution in [0.5, 0.6) is 0 Å². The number of nitro groups is 1. The number of aromatic nitrogens is 1. The topological polar surface area (TPSA) is 102 Å². The molecule has 2 rings (SSSR count). The molecule has 1 atom stereocenters. The molecule has 114 valence electrons. The number of hydrogen-bond donors (Lipinski definition) is 1. The zero-order valence-electron chi connectivity index (χ0n) is 11.0. The lowest BCUT2D eigenvalue weighted by molar-refractivity contribution is -0.385. The number of hydrogen-bond acceptors (Lipinski definition) is 5. The lowest BCUT2D eigenvalue weighted by Crippen LogP contribution is -2.41. The number of nitrogens with two attached hydrogens (primary N) is 1. The number of amides is 1. The van der Waals surface area contributed by atoms with Gasteiger partial charge in [-0.2, -0.15) is 0 Å². The molecule has 0 radical (unpaired) electrons. The smallest absolute Gasteiger partial charge is 0.289 e. The summed E-state index contributed by atoms with van der Waals surface area (Å²) in [5.74, 6) is -0.925. The lowest BCUT2D eigenvalue weighted by Gasteiger charge is -2.33. The number of piperidine rings is 1. The molecule has 7 nitrogen and oxygen atoms in total. The lowest BCUT2D eigenvalue weighted by atomic mass is 9.92. The van der Waals surface area contributed by atoms with Crippen LogP contribution in [0.4, 0.5) is 15.9 Å². The van der Waals surface area contributed by atoms with Gasteiger partial charge in [0.2, 0.25) is 0 Å². The Labute approximate surface area is 125 Å². The molecule has 1 fully saturated rings. The van der Waals surface area contributed by atoms with Crippen molar-refractivity contribution < 1.29 is 14.1 Å². The van der Waals surface area contributed by atoms with Crippen LogP contribution in [0.15, 0.2) is 12.3 Å². The first-order valence-corrected chi connectivity index (χ1v) is 6.76. The van der Waals surface area contributed by atoms with Gasteiger partial charge in [0.25, 0.3) is 11.6 Å². The van der Waals surface area contributed by atoms with E-state index in [0.717, 1.165) is 6.20 Å². The highest BCUT2D eigenvalue weighted by Crippen LogP contribution is 2.31. The van der Waals surface area contributed by atoms with Gasteiger partial charge in [0, 0.05) is 25.1 Å². The fourth-order valence-electron chi connectivity index (χ4n) is 2.39. The minimum Gasteiger partial charge on any atom is -0.367 e. The Morgan fingerprint density at radius 3 is 2.67 bits per heavy atom. The van der Waals surface area contributed by atoms with Crippen molar-refractivity contribution in [2.45, 2.75) is 19.0 Å². The van der Waals surface area contributed by atoms with Crippen molar-refractivity contribution in [2.24, 2.45) is 11.7 Å². The normalized spacial score (nSPS) is 17.5. The van der Waals surface area contributed by atoms with Crippen LogP contribution in [-0.4, -0.2) is 35.1 Å². The maximum atomic E-state index is 13.6. The molecule has 1 saturated heterocycles. The van der Waals surface area contributed by atoms with Crippen LogP contribution in [0.1, 0.15) is 12.8 Å². The quantitative estimate of drug-likeness (QED) is 0.672. The minimum atomic E-state index is -1.65. The van der Waals surface area contributed by atoms with Crippen molar-refractivity contribution in [2.75, 3.05) is 18.0 Å². The standard InChI is InChI=1S/C12H14ClFN4O3/c13-9-5-8(18(20)21)6-16-12(9)17-3-1-7(2-4-17)10(14)11(15)19/h5-7,10H,1-4H2,(H2,15,19)/t10-/m0/s1. The van der Waals surface area contributed by atoms with Crippen LogP contribution in [0.25, 0.3) is 0 Å². The Balaban J connectivity index is 2.05. The first-order valence-electron chi connectivity index (χ1n) is 6.38. The van der Waals surface area contributed by atoms with E-state index in [0.29, 0.717) is 31.7 Å². The van der Waals surface area contributed by atoms with Gasteiger partial charge in [-0.3, -0.25) is 14.9 Å². The molecule has 0 unspecified atom stereocenters. The van der Waals surface area contributed by atoms with Gasteiger partial charge in [-0.1, -0.05) is 11.6 Å². The van der Waals surface area contributed by atoms with Crippen molar-refractivity contribution >= 4 is 29.0 Å². The van der Waals surface area contributed by atoms with Crippen LogP contribution in [0.3, 0.4) is 0 Å². The van der Waals surface area contributed by atoms with Crippen molar-refractivity contribution in [3.05, 3.63) is 27.4 Å². The Kier molecular flexibility index (Phi) is 4.56. The van der Waals surface area contributed by atoms with Gasteiger partial charge < -0.3 is 10.6 Å².